The molecule has 0 radical (unpaired) electrons. The average Bonchev–Trinajstić information content (AvgIpc) is 2.35. The SMILES string of the molecule is CCCNC1c2cc(F)cc(F)c2CSC1CC. The van der Waals surface area contributed by atoms with Crippen LogP contribution < -0.4 is 5.32 Å². The van der Waals surface area contributed by atoms with Crippen LogP contribution in [0.1, 0.15) is 43.9 Å². The maximum atomic E-state index is 13.8. The van der Waals surface area contributed by atoms with Crippen LogP contribution in [-0.4, -0.2) is 11.8 Å². The normalized spacial score (nSPS) is 22.9. The highest BCUT2D eigenvalue weighted by Crippen LogP contribution is 2.40. The first-order valence-corrected chi connectivity index (χ1v) is 7.55. The Morgan fingerprint density at radius 3 is 2.78 bits per heavy atom. The molecule has 0 spiro atoms. The number of rotatable bonds is 4. The molecule has 2 unspecified atom stereocenters. The average molecular weight is 271 g/mol. The van der Waals surface area contributed by atoms with E-state index in [1.165, 1.54) is 6.07 Å². The molecule has 1 aromatic rings. The summed E-state index contributed by atoms with van der Waals surface area (Å²) in [7, 11) is 0. The summed E-state index contributed by atoms with van der Waals surface area (Å²) >= 11 is 1.76. The Balaban J connectivity index is 2.36. The van der Waals surface area contributed by atoms with Crippen molar-refractivity contribution >= 4 is 11.8 Å². The van der Waals surface area contributed by atoms with Crippen molar-refractivity contribution < 1.29 is 8.78 Å². The fourth-order valence-corrected chi connectivity index (χ4v) is 3.79. The van der Waals surface area contributed by atoms with E-state index >= 15 is 0 Å². The fraction of sp³-hybridized carbons (Fsp3) is 0.571. The van der Waals surface area contributed by atoms with E-state index in [-0.39, 0.29) is 6.04 Å². The Hall–Kier alpha value is -0.610. The van der Waals surface area contributed by atoms with Gasteiger partial charge in [0, 0.05) is 28.7 Å². The highest BCUT2D eigenvalue weighted by atomic mass is 32.2. The second-order valence-electron chi connectivity index (χ2n) is 4.64. The molecular formula is C14H19F2NS. The predicted molar refractivity (Wildman–Crippen MR) is 72.8 cm³/mol. The Bertz CT molecular complexity index is 423. The third-order valence-corrected chi connectivity index (χ3v) is 4.85. The Morgan fingerprint density at radius 1 is 1.33 bits per heavy atom. The minimum atomic E-state index is -0.476. The van der Waals surface area contributed by atoms with Crippen LogP contribution in [0.25, 0.3) is 0 Å². The van der Waals surface area contributed by atoms with Gasteiger partial charge >= 0.3 is 0 Å². The van der Waals surface area contributed by atoms with Gasteiger partial charge in [-0.05, 0) is 31.0 Å². The van der Waals surface area contributed by atoms with Crippen LogP contribution >= 0.6 is 11.8 Å². The number of nitrogens with one attached hydrogen (secondary N) is 1. The maximum Gasteiger partial charge on any atom is 0.130 e. The number of benzene rings is 1. The van der Waals surface area contributed by atoms with Gasteiger partial charge in [-0.2, -0.15) is 11.8 Å². The summed E-state index contributed by atoms with van der Waals surface area (Å²) in [6, 6.07) is 2.55. The van der Waals surface area contributed by atoms with Gasteiger partial charge in [0.15, 0.2) is 0 Å². The standard InChI is InChI=1S/C14H19F2NS/c1-3-5-17-14-10-6-9(15)7-12(16)11(10)8-18-13(14)4-2/h6-7,13-14,17H,3-5,8H2,1-2H3. The zero-order valence-corrected chi connectivity index (χ0v) is 11.6. The van der Waals surface area contributed by atoms with Gasteiger partial charge in [-0.1, -0.05) is 13.8 Å². The molecule has 0 aliphatic carbocycles. The molecule has 1 aliphatic rings. The molecule has 100 valence electrons. The molecule has 0 bridgehead atoms. The first-order chi connectivity index (χ1) is 8.67. The van der Waals surface area contributed by atoms with Crippen molar-refractivity contribution in [2.45, 2.75) is 43.7 Å². The van der Waals surface area contributed by atoms with Gasteiger partial charge in [0.05, 0.1) is 0 Å². The summed E-state index contributed by atoms with van der Waals surface area (Å²) in [6.45, 7) is 5.09. The lowest BCUT2D eigenvalue weighted by Crippen LogP contribution is -2.34. The molecule has 2 rings (SSSR count). The maximum absolute atomic E-state index is 13.8. The van der Waals surface area contributed by atoms with E-state index in [0.29, 0.717) is 16.6 Å². The molecule has 0 saturated carbocycles. The molecule has 0 amide bonds. The minimum absolute atomic E-state index is 0.0638. The third-order valence-electron chi connectivity index (χ3n) is 3.36. The number of fused-ring (bicyclic) bond motifs is 1. The number of hydrogen-bond donors (Lipinski definition) is 1. The van der Waals surface area contributed by atoms with E-state index in [1.54, 1.807) is 11.8 Å². The fourth-order valence-electron chi connectivity index (χ4n) is 2.43. The van der Waals surface area contributed by atoms with Gasteiger partial charge in [-0.15, -0.1) is 0 Å². The molecular weight excluding hydrogens is 252 g/mol. The summed E-state index contributed by atoms with van der Waals surface area (Å²) in [6.07, 6.45) is 2.02. The molecule has 0 saturated heterocycles. The minimum Gasteiger partial charge on any atom is -0.309 e. The van der Waals surface area contributed by atoms with Gasteiger partial charge in [0.25, 0.3) is 0 Å². The van der Waals surface area contributed by atoms with Gasteiger partial charge in [0.1, 0.15) is 11.6 Å². The van der Waals surface area contributed by atoms with Crippen molar-refractivity contribution in [1.82, 2.24) is 5.32 Å². The molecule has 1 nitrogen and oxygen atoms in total. The van der Waals surface area contributed by atoms with Crippen molar-refractivity contribution in [3.05, 3.63) is 34.9 Å². The Morgan fingerprint density at radius 2 is 2.11 bits per heavy atom. The van der Waals surface area contributed by atoms with Crippen molar-refractivity contribution in [2.75, 3.05) is 6.54 Å². The Labute approximate surface area is 111 Å². The van der Waals surface area contributed by atoms with Gasteiger partial charge in [-0.3, -0.25) is 0 Å². The molecule has 1 aliphatic heterocycles. The topological polar surface area (TPSA) is 12.0 Å². The van der Waals surface area contributed by atoms with E-state index in [2.05, 4.69) is 19.2 Å². The largest absolute Gasteiger partial charge is 0.309 e. The van der Waals surface area contributed by atoms with Gasteiger partial charge in [0.2, 0.25) is 0 Å². The summed E-state index contributed by atoms with van der Waals surface area (Å²) in [5, 5.41) is 3.82. The lowest BCUT2D eigenvalue weighted by atomic mass is 9.95. The summed E-state index contributed by atoms with van der Waals surface area (Å²) in [5.74, 6) is -0.240. The van der Waals surface area contributed by atoms with Crippen LogP contribution in [-0.2, 0) is 5.75 Å². The highest BCUT2D eigenvalue weighted by molar-refractivity contribution is 7.99. The van der Waals surface area contributed by atoms with Crippen LogP contribution in [0.5, 0.6) is 0 Å². The summed E-state index contributed by atoms with van der Waals surface area (Å²) in [4.78, 5) is 0. The van der Waals surface area contributed by atoms with Crippen LogP contribution in [0.2, 0.25) is 0 Å². The number of hydrogen-bond acceptors (Lipinski definition) is 2. The Kier molecular flexibility index (Phi) is 4.62. The van der Waals surface area contributed by atoms with Crippen LogP contribution in [0.4, 0.5) is 8.78 Å². The van der Waals surface area contributed by atoms with Crippen molar-refractivity contribution in [3.8, 4) is 0 Å². The molecule has 1 N–H and O–H groups in total. The van der Waals surface area contributed by atoms with Crippen LogP contribution in [0.3, 0.4) is 0 Å². The van der Waals surface area contributed by atoms with Gasteiger partial charge in [-0.25, -0.2) is 8.78 Å². The summed E-state index contributed by atoms with van der Waals surface area (Å²) in [5.41, 5.74) is 1.48. The predicted octanol–water partition coefficient (Wildman–Crippen LogP) is 4.03. The third kappa shape index (κ3) is 2.69. The monoisotopic (exact) mass is 271 g/mol. The van der Waals surface area contributed by atoms with E-state index in [9.17, 15) is 8.78 Å². The molecule has 1 heterocycles. The second kappa shape index (κ2) is 6.02. The smallest absolute Gasteiger partial charge is 0.130 e. The van der Waals surface area contributed by atoms with E-state index in [0.717, 1.165) is 31.0 Å². The quantitative estimate of drug-likeness (QED) is 0.887. The van der Waals surface area contributed by atoms with E-state index < -0.39 is 11.6 Å². The number of thioether (sulfide) groups is 1. The lowest BCUT2D eigenvalue weighted by molar-refractivity contribution is 0.484. The van der Waals surface area contributed by atoms with E-state index in [4.69, 9.17) is 0 Å². The number of halogens is 2. The van der Waals surface area contributed by atoms with Crippen LogP contribution in [0, 0.1) is 11.6 Å². The van der Waals surface area contributed by atoms with Crippen molar-refractivity contribution in [2.24, 2.45) is 0 Å². The molecule has 0 fully saturated rings. The summed E-state index contributed by atoms with van der Waals surface area (Å²) < 4.78 is 27.2. The molecule has 18 heavy (non-hydrogen) atoms. The van der Waals surface area contributed by atoms with E-state index in [1.807, 2.05) is 0 Å². The molecule has 1 aromatic carbocycles. The first-order valence-electron chi connectivity index (χ1n) is 6.50. The van der Waals surface area contributed by atoms with Crippen molar-refractivity contribution in [3.63, 3.8) is 0 Å². The molecule has 2 atom stereocenters. The second-order valence-corrected chi connectivity index (χ2v) is 5.87. The zero-order chi connectivity index (χ0) is 13.1. The van der Waals surface area contributed by atoms with Gasteiger partial charge < -0.3 is 5.32 Å². The molecule has 0 aromatic heterocycles. The highest BCUT2D eigenvalue weighted by Gasteiger charge is 2.30. The first kappa shape index (κ1) is 13.8. The molecule has 4 heteroatoms. The lowest BCUT2D eigenvalue weighted by Gasteiger charge is -2.33. The van der Waals surface area contributed by atoms with Crippen molar-refractivity contribution in [1.29, 1.82) is 0 Å². The zero-order valence-electron chi connectivity index (χ0n) is 10.8. The van der Waals surface area contributed by atoms with Crippen LogP contribution in [0.15, 0.2) is 12.1 Å².